The van der Waals surface area contributed by atoms with Crippen molar-refractivity contribution in [2.45, 2.75) is 32.2 Å². The molecule has 26 heavy (non-hydrogen) atoms. The van der Waals surface area contributed by atoms with Gasteiger partial charge in [0.05, 0.1) is 0 Å². The minimum atomic E-state index is -0.250. The van der Waals surface area contributed by atoms with Crippen LogP contribution in [0.25, 0.3) is 5.57 Å². The minimum absolute atomic E-state index is 0.155. The van der Waals surface area contributed by atoms with Crippen LogP contribution in [0.1, 0.15) is 31.7 Å². The average molecular weight is 366 g/mol. The van der Waals surface area contributed by atoms with Crippen LogP contribution in [0.2, 0.25) is 0 Å². The van der Waals surface area contributed by atoms with E-state index in [0.717, 1.165) is 46.8 Å². The van der Waals surface area contributed by atoms with E-state index in [0.29, 0.717) is 6.04 Å². The van der Waals surface area contributed by atoms with E-state index in [4.69, 9.17) is 0 Å². The summed E-state index contributed by atoms with van der Waals surface area (Å²) >= 11 is 0. The van der Waals surface area contributed by atoms with Crippen LogP contribution in [0, 0.1) is 0 Å². The number of azo groups is 1. The van der Waals surface area contributed by atoms with Gasteiger partial charge in [0.2, 0.25) is 0 Å². The Morgan fingerprint density at radius 2 is 2.08 bits per heavy atom. The van der Waals surface area contributed by atoms with Crippen molar-refractivity contribution in [2.24, 2.45) is 10.2 Å². The standard InChI is InChI=1S/C21H23N3OS/c1-3-9-16(15-10-5-4-6-11-15)19-20(21(25)23-22-19)26-14-24(2)17-12-7-8-13-18(17)26/h4-8,10-11,13,17H,3,9,12,14H2,1-2H3. The highest BCUT2D eigenvalue weighted by Gasteiger charge is 2.36. The van der Waals surface area contributed by atoms with Crippen molar-refractivity contribution in [1.82, 2.24) is 4.90 Å². The highest BCUT2D eigenvalue weighted by atomic mass is 32.2. The second-order valence-electron chi connectivity index (χ2n) is 6.80. The van der Waals surface area contributed by atoms with Gasteiger partial charge in [0, 0.05) is 11.9 Å². The predicted molar refractivity (Wildman–Crippen MR) is 109 cm³/mol. The van der Waals surface area contributed by atoms with Gasteiger partial charge in [-0.05, 0) is 35.9 Å². The molecule has 0 N–H and O–H groups in total. The highest BCUT2D eigenvalue weighted by Crippen LogP contribution is 2.45. The fraction of sp³-hybridized carbons (Fsp3) is 0.333. The zero-order chi connectivity index (χ0) is 18.1. The number of carbonyl (C=O) groups is 1. The van der Waals surface area contributed by atoms with Gasteiger partial charge in [-0.3, -0.25) is 9.69 Å². The second-order valence-corrected chi connectivity index (χ2v) is 8.72. The van der Waals surface area contributed by atoms with Crippen molar-refractivity contribution < 1.29 is 4.79 Å². The molecule has 1 aliphatic carbocycles. The molecule has 0 spiro atoms. The minimum Gasteiger partial charge on any atom is -0.289 e. The Labute approximate surface area is 156 Å². The lowest BCUT2D eigenvalue weighted by Gasteiger charge is -2.19. The van der Waals surface area contributed by atoms with E-state index in [2.05, 4.69) is 59.5 Å². The molecule has 1 fully saturated rings. The van der Waals surface area contributed by atoms with E-state index in [1.165, 1.54) is 4.91 Å². The fourth-order valence-electron chi connectivity index (χ4n) is 3.79. The van der Waals surface area contributed by atoms with Crippen molar-refractivity contribution in [1.29, 1.82) is 0 Å². The largest absolute Gasteiger partial charge is 0.303 e. The molecule has 1 saturated heterocycles. The summed E-state index contributed by atoms with van der Waals surface area (Å²) < 4.78 is 0. The summed E-state index contributed by atoms with van der Waals surface area (Å²) in [5, 5.41) is 8.33. The molecular formula is C21H23N3OS. The summed E-state index contributed by atoms with van der Waals surface area (Å²) in [4.78, 5) is 17.2. The first-order valence-corrected chi connectivity index (χ1v) is 10.5. The third-order valence-electron chi connectivity index (χ3n) is 5.04. The Kier molecular flexibility index (Phi) is 4.83. The maximum absolute atomic E-state index is 12.7. The van der Waals surface area contributed by atoms with Crippen molar-refractivity contribution in [2.75, 3.05) is 12.9 Å². The number of nitrogens with zero attached hydrogens (tertiary/aromatic N) is 3. The zero-order valence-electron chi connectivity index (χ0n) is 15.2. The lowest BCUT2D eigenvalue weighted by molar-refractivity contribution is -0.111. The molecule has 2 aliphatic heterocycles. The maximum Gasteiger partial charge on any atom is 0.303 e. The molecule has 0 aromatic heterocycles. The zero-order valence-corrected chi connectivity index (χ0v) is 16.0. The Balaban J connectivity index is 1.91. The van der Waals surface area contributed by atoms with Gasteiger partial charge >= 0.3 is 5.91 Å². The molecule has 2 unspecified atom stereocenters. The average Bonchev–Trinajstić information content (AvgIpc) is 3.21. The van der Waals surface area contributed by atoms with Gasteiger partial charge in [-0.25, -0.2) is 0 Å². The van der Waals surface area contributed by atoms with Gasteiger partial charge in [-0.15, -0.1) is 20.7 Å². The first kappa shape index (κ1) is 17.3. The third-order valence-corrected chi connectivity index (χ3v) is 7.54. The van der Waals surface area contributed by atoms with Gasteiger partial charge in [0.1, 0.15) is 10.6 Å². The molecule has 134 valence electrons. The number of rotatable bonds is 3. The number of hydrogen-bond donors (Lipinski definition) is 0. The molecule has 2 atom stereocenters. The molecule has 4 nitrogen and oxygen atoms in total. The lowest BCUT2D eigenvalue weighted by Crippen LogP contribution is -2.25. The monoisotopic (exact) mass is 365 g/mol. The Hall–Kier alpha value is -2.11. The maximum atomic E-state index is 12.7. The molecule has 1 aromatic rings. The quantitative estimate of drug-likeness (QED) is 0.573. The third kappa shape index (κ3) is 2.95. The van der Waals surface area contributed by atoms with E-state index in [9.17, 15) is 4.79 Å². The van der Waals surface area contributed by atoms with Crippen LogP contribution in [0.15, 0.2) is 69.4 Å². The van der Waals surface area contributed by atoms with Gasteiger partial charge < -0.3 is 0 Å². The van der Waals surface area contributed by atoms with Crippen LogP contribution in [0.3, 0.4) is 0 Å². The van der Waals surface area contributed by atoms with E-state index >= 15 is 0 Å². The number of likely N-dealkylation sites (N-methyl/N-ethyl adjacent to an activating group) is 1. The van der Waals surface area contributed by atoms with Crippen LogP contribution in [-0.4, -0.2) is 34.6 Å². The summed E-state index contributed by atoms with van der Waals surface area (Å²) in [6, 6.07) is 10.7. The predicted octanol–water partition coefficient (Wildman–Crippen LogP) is 4.75. The Bertz CT molecular complexity index is 893. The van der Waals surface area contributed by atoms with Crippen molar-refractivity contribution in [3.05, 3.63) is 64.7 Å². The molecule has 0 bridgehead atoms. The van der Waals surface area contributed by atoms with Gasteiger partial charge in [-0.2, -0.15) is 0 Å². The summed E-state index contributed by atoms with van der Waals surface area (Å²) in [7, 11) is 1.90. The molecule has 1 aromatic carbocycles. The molecule has 0 saturated carbocycles. The van der Waals surface area contributed by atoms with Crippen molar-refractivity contribution >= 4 is 26.8 Å². The molecule has 4 rings (SSSR count). The highest BCUT2D eigenvalue weighted by molar-refractivity contribution is 8.20. The van der Waals surface area contributed by atoms with E-state index in [-0.39, 0.29) is 16.4 Å². The molecule has 2 heterocycles. The number of benzene rings is 1. The second kappa shape index (κ2) is 7.25. The molecular weight excluding hydrogens is 342 g/mol. The van der Waals surface area contributed by atoms with Crippen LogP contribution in [-0.2, 0) is 4.79 Å². The van der Waals surface area contributed by atoms with Crippen LogP contribution < -0.4 is 0 Å². The van der Waals surface area contributed by atoms with Gasteiger partial charge in [-0.1, -0.05) is 61.9 Å². The molecule has 0 radical (unpaired) electrons. The summed E-state index contributed by atoms with van der Waals surface area (Å²) in [6.45, 7) is 2.16. The van der Waals surface area contributed by atoms with Gasteiger partial charge in [0.15, 0.2) is 0 Å². The Morgan fingerprint density at radius 1 is 1.27 bits per heavy atom. The summed E-state index contributed by atoms with van der Waals surface area (Å²) in [5.74, 6) is 0.722. The summed E-state index contributed by atoms with van der Waals surface area (Å²) in [6.07, 6.45) is 9.43. The SMILES string of the molecule is CCCC(=C1N=NC(=O)C1=S1CN(C)C2CC=CC=C21)c1ccccc1. The lowest BCUT2D eigenvalue weighted by atomic mass is 9.98. The van der Waals surface area contributed by atoms with E-state index < -0.39 is 0 Å². The van der Waals surface area contributed by atoms with Crippen molar-refractivity contribution in [3.8, 4) is 0 Å². The number of hydrogen-bond acceptors (Lipinski definition) is 3. The fourth-order valence-corrected chi connectivity index (χ4v) is 6.38. The smallest absolute Gasteiger partial charge is 0.289 e. The molecule has 3 aliphatic rings. The molecule has 5 heteroatoms. The molecule has 1 amide bonds. The topological polar surface area (TPSA) is 45.0 Å². The van der Waals surface area contributed by atoms with Gasteiger partial charge in [0.25, 0.3) is 0 Å². The number of amides is 1. The normalized spacial score (nSPS) is 28.5. The first-order chi connectivity index (χ1) is 12.7. The van der Waals surface area contributed by atoms with Crippen LogP contribution >= 0.6 is 10.5 Å². The van der Waals surface area contributed by atoms with Crippen molar-refractivity contribution in [3.63, 3.8) is 0 Å². The number of fused-ring (bicyclic) bond motifs is 1. The summed E-state index contributed by atoms with van der Waals surface area (Å²) in [5.41, 5.74) is 3.10. The Morgan fingerprint density at radius 3 is 2.85 bits per heavy atom. The van der Waals surface area contributed by atoms with Crippen LogP contribution in [0.4, 0.5) is 0 Å². The number of carbonyl (C=O) groups excluding carboxylic acids is 1. The number of allylic oxidation sites excluding steroid dienone is 3. The van der Waals surface area contributed by atoms with E-state index in [1.807, 2.05) is 18.2 Å². The van der Waals surface area contributed by atoms with Crippen LogP contribution in [0.5, 0.6) is 0 Å². The first-order valence-electron chi connectivity index (χ1n) is 9.10. The van der Waals surface area contributed by atoms with E-state index in [1.54, 1.807) is 0 Å².